The van der Waals surface area contributed by atoms with Gasteiger partial charge in [-0.2, -0.15) is 39.5 Å². The predicted octanol–water partition coefficient (Wildman–Crippen LogP) is 5.36. The zero-order valence-corrected chi connectivity index (χ0v) is 20.1. The number of nitrogens with one attached hydrogen (secondary N) is 1. The molecule has 2 aliphatic heterocycles. The highest BCUT2D eigenvalue weighted by Crippen LogP contribution is 2.54. The fourth-order valence-electron chi connectivity index (χ4n) is 4.92. The number of halogens is 9. The smallest absolute Gasteiger partial charge is 0.331 e. The van der Waals surface area contributed by atoms with Gasteiger partial charge in [-0.1, -0.05) is 50.2 Å². The Labute approximate surface area is 214 Å². The monoisotopic (exact) mass is 569 g/mol. The topological polar surface area (TPSA) is 69.7 Å². The number of fused-ring (bicyclic) bond motifs is 1. The molecule has 2 aromatic carbocycles. The van der Waals surface area contributed by atoms with E-state index in [1.165, 1.54) is 26.0 Å². The van der Waals surface area contributed by atoms with Crippen molar-refractivity contribution < 1.29 is 53.9 Å². The van der Waals surface area contributed by atoms with Crippen LogP contribution in [0.1, 0.15) is 20.3 Å². The Hall–Kier alpha value is -3.52. The molecule has 2 fully saturated rings. The summed E-state index contributed by atoms with van der Waals surface area (Å²) >= 11 is 0. The fraction of sp³-hybridized carbons (Fsp3) is 0.458. The lowest BCUT2D eigenvalue weighted by Gasteiger charge is -2.36. The van der Waals surface area contributed by atoms with Crippen molar-refractivity contribution in [2.75, 3.05) is 11.4 Å². The average Bonchev–Trinajstić information content (AvgIpc) is 3.31. The Morgan fingerprint density at radius 3 is 2.10 bits per heavy atom. The minimum absolute atomic E-state index is 0.0319. The van der Waals surface area contributed by atoms with E-state index in [-0.39, 0.29) is 17.0 Å². The van der Waals surface area contributed by atoms with Crippen LogP contribution in [-0.2, 0) is 9.59 Å². The number of rotatable bonds is 5. The molecule has 0 saturated carbocycles. The van der Waals surface area contributed by atoms with Crippen LogP contribution in [0.3, 0.4) is 0 Å². The fourth-order valence-corrected chi connectivity index (χ4v) is 4.92. The first-order chi connectivity index (χ1) is 17.7. The summed E-state index contributed by atoms with van der Waals surface area (Å²) in [5.41, 5.74) is -1.09. The number of anilines is 1. The highest BCUT2D eigenvalue weighted by Gasteiger charge is 2.84. The standard InChI is InChI=1S/C24H20F9N3O3/c1-20(2)10-15(35(11-20)18(38)21(25,26)22(27,28)23(29,30)24(31,32)33)16-17(37)36(19(39)34-16)14-9-5-7-12-6-3-4-8-13(12)14/h3-9,15-16H,10-11H2,1-2H3,(H,34,39)/t15?,16-/m0/s1. The Bertz CT molecular complexity index is 1340. The molecule has 15 heteroatoms. The van der Waals surface area contributed by atoms with Crippen LogP contribution in [0.2, 0.25) is 0 Å². The molecule has 2 heterocycles. The molecule has 2 aliphatic rings. The molecular formula is C24H20F9N3O3. The van der Waals surface area contributed by atoms with E-state index in [9.17, 15) is 53.9 Å². The van der Waals surface area contributed by atoms with Crippen molar-refractivity contribution in [2.24, 2.45) is 5.41 Å². The van der Waals surface area contributed by atoms with Gasteiger partial charge in [-0.15, -0.1) is 0 Å². The Morgan fingerprint density at radius 2 is 1.49 bits per heavy atom. The number of carbonyl (C=O) groups excluding carboxylic acids is 3. The first kappa shape index (κ1) is 28.5. The van der Waals surface area contributed by atoms with Gasteiger partial charge in [-0.05, 0) is 23.3 Å². The molecule has 39 heavy (non-hydrogen) atoms. The Kier molecular flexibility index (Phi) is 6.39. The lowest BCUT2D eigenvalue weighted by atomic mass is 9.88. The largest absolute Gasteiger partial charge is 0.460 e. The Balaban J connectivity index is 1.71. The molecule has 6 nitrogen and oxygen atoms in total. The first-order valence-electron chi connectivity index (χ1n) is 11.4. The van der Waals surface area contributed by atoms with Gasteiger partial charge in [0.1, 0.15) is 6.04 Å². The summed E-state index contributed by atoms with van der Waals surface area (Å²) < 4.78 is 122. The third-order valence-electron chi connectivity index (χ3n) is 6.80. The van der Waals surface area contributed by atoms with Crippen LogP contribution in [0.4, 0.5) is 50.0 Å². The van der Waals surface area contributed by atoms with E-state index in [0.29, 0.717) is 15.7 Å². The lowest BCUT2D eigenvalue weighted by molar-refractivity contribution is -0.389. The van der Waals surface area contributed by atoms with E-state index in [2.05, 4.69) is 5.32 Å². The van der Waals surface area contributed by atoms with Crippen molar-refractivity contribution in [1.82, 2.24) is 10.2 Å². The van der Waals surface area contributed by atoms with Crippen molar-refractivity contribution >= 4 is 34.3 Å². The molecule has 2 aromatic rings. The van der Waals surface area contributed by atoms with Crippen LogP contribution in [0.15, 0.2) is 42.5 Å². The normalized spacial score (nSPS) is 22.5. The number of carbonyl (C=O) groups is 3. The number of alkyl halides is 9. The van der Waals surface area contributed by atoms with Gasteiger partial charge in [0.15, 0.2) is 0 Å². The van der Waals surface area contributed by atoms with Crippen LogP contribution in [-0.4, -0.2) is 65.3 Å². The second-order valence-electron chi connectivity index (χ2n) is 10.2. The second-order valence-corrected chi connectivity index (χ2v) is 10.2. The van der Waals surface area contributed by atoms with Crippen LogP contribution < -0.4 is 10.2 Å². The van der Waals surface area contributed by atoms with Gasteiger partial charge < -0.3 is 10.2 Å². The molecule has 0 bridgehead atoms. The molecule has 212 valence electrons. The molecule has 4 amide bonds. The van der Waals surface area contributed by atoms with E-state index >= 15 is 0 Å². The molecule has 0 radical (unpaired) electrons. The van der Waals surface area contributed by atoms with E-state index in [1.807, 2.05) is 0 Å². The second kappa shape index (κ2) is 8.74. The molecule has 1 N–H and O–H groups in total. The summed E-state index contributed by atoms with van der Waals surface area (Å²) in [6.45, 7) is 1.95. The lowest BCUT2D eigenvalue weighted by Crippen LogP contribution is -2.66. The van der Waals surface area contributed by atoms with Gasteiger partial charge in [0.2, 0.25) is 0 Å². The quantitative estimate of drug-likeness (QED) is 0.390. The maximum atomic E-state index is 14.6. The number of likely N-dealkylation sites (tertiary alicyclic amines) is 1. The number of amides is 4. The number of hydrogen-bond acceptors (Lipinski definition) is 3. The zero-order valence-electron chi connectivity index (χ0n) is 20.1. The van der Waals surface area contributed by atoms with Crippen LogP contribution in [0, 0.1) is 5.41 Å². The summed E-state index contributed by atoms with van der Waals surface area (Å²) in [5, 5.41) is 3.26. The van der Waals surface area contributed by atoms with Crippen molar-refractivity contribution in [3.05, 3.63) is 42.5 Å². The molecule has 1 unspecified atom stereocenters. The number of nitrogens with zero attached hydrogens (tertiary/aromatic N) is 2. The molecule has 4 rings (SSSR count). The minimum Gasteiger partial charge on any atom is -0.331 e. The summed E-state index contributed by atoms with van der Waals surface area (Å²) in [6, 6.07) is 6.56. The van der Waals surface area contributed by atoms with E-state index < -0.39 is 65.8 Å². The third kappa shape index (κ3) is 4.25. The number of imide groups is 1. The van der Waals surface area contributed by atoms with Gasteiger partial charge in [0, 0.05) is 11.9 Å². The van der Waals surface area contributed by atoms with Crippen molar-refractivity contribution in [1.29, 1.82) is 0 Å². The number of hydrogen-bond donors (Lipinski definition) is 1. The van der Waals surface area contributed by atoms with Crippen LogP contribution >= 0.6 is 0 Å². The molecule has 0 aromatic heterocycles. The molecular weight excluding hydrogens is 549 g/mol. The highest BCUT2D eigenvalue weighted by atomic mass is 19.4. The minimum atomic E-state index is -7.26. The molecule has 2 atom stereocenters. The van der Waals surface area contributed by atoms with Gasteiger partial charge in [-0.3, -0.25) is 9.59 Å². The third-order valence-corrected chi connectivity index (χ3v) is 6.80. The molecule has 0 aliphatic carbocycles. The van der Waals surface area contributed by atoms with E-state index in [4.69, 9.17) is 0 Å². The summed E-state index contributed by atoms with van der Waals surface area (Å²) in [4.78, 5) is 39.4. The SMILES string of the molecule is CC1(C)CC([C@@H]2NC(=O)N(c3cccc4ccccc34)C2=O)N(C(=O)C(F)(F)C(F)(F)C(F)(F)C(F)(F)F)C1. The average molecular weight is 569 g/mol. The van der Waals surface area contributed by atoms with Crippen molar-refractivity contribution in [2.45, 2.75) is 56.3 Å². The summed E-state index contributed by atoms with van der Waals surface area (Å²) in [5.74, 6) is -25.0. The van der Waals surface area contributed by atoms with Crippen LogP contribution in [0.25, 0.3) is 10.8 Å². The van der Waals surface area contributed by atoms with E-state index in [1.54, 1.807) is 30.3 Å². The summed E-state index contributed by atoms with van der Waals surface area (Å²) in [6.07, 6.45) is -7.45. The number of benzene rings is 2. The first-order valence-corrected chi connectivity index (χ1v) is 11.4. The van der Waals surface area contributed by atoms with Gasteiger partial charge in [0.25, 0.3) is 11.8 Å². The summed E-state index contributed by atoms with van der Waals surface area (Å²) in [7, 11) is 0. The number of urea groups is 1. The molecule has 0 spiro atoms. The van der Waals surface area contributed by atoms with Gasteiger partial charge in [-0.25, -0.2) is 9.69 Å². The van der Waals surface area contributed by atoms with Crippen LogP contribution in [0.5, 0.6) is 0 Å². The maximum absolute atomic E-state index is 14.6. The van der Waals surface area contributed by atoms with Gasteiger partial charge in [0.05, 0.1) is 11.7 Å². The van der Waals surface area contributed by atoms with Gasteiger partial charge >= 0.3 is 30.0 Å². The maximum Gasteiger partial charge on any atom is 0.460 e. The molecule has 2 saturated heterocycles. The van der Waals surface area contributed by atoms with E-state index in [0.717, 1.165) is 0 Å². The predicted molar refractivity (Wildman–Crippen MR) is 119 cm³/mol. The van der Waals surface area contributed by atoms with Crippen molar-refractivity contribution in [3.8, 4) is 0 Å². The zero-order chi connectivity index (χ0) is 29.3. The highest BCUT2D eigenvalue weighted by molar-refractivity contribution is 6.24. The Morgan fingerprint density at radius 1 is 0.897 bits per heavy atom. The van der Waals surface area contributed by atoms with Crippen molar-refractivity contribution in [3.63, 3.8) is 0 Å².